The summed E-state index contributed by atoms with van der Waals surface area (Å²) in [6, 6.07) is 7.07. The molecule has 0 aromatic heterocycles. The van der Waals surface area contributed by atoms with Gasteiger partial charge in [0.1, 0.15) is 17.3 Å². The number of amides is 1. The van der Waals surface area contributed by atoms with E-state index in [1.165, 1.54) is 5.94 Å². The fourth-order valence-electron chi connectivity index (χ4n) is 1.16. The van der Waals surface area contributed by atoms with Crippen LogP contribution >= 0.6 is 0 Å². The van der Waals surface area contributed by atoms with E-state index in [1.807, 2.05) is 0 Å². The van der Waals surface area contributed by atoms with Gasteiger partial charge in [0.15, 0.2) is 0 Å². The molecule has 5 N–H and O–H groups in total. The zero-order valence-electron chi connectivity index (χ0n) is 9.03. The summed E-state index contributed by atoms with van der Waals surface area (Å²) in [6.07, 6.45) is 0.177. The Morgan fingerprint density at radius 2 is 2.19 bits per heavy atom. The molecule has 0 atom stereocenters. The van der Waals surface area contributed by atoms with Crippen LogP contribution in [0.4, 0.5) is 0 Å². The minimum atomic E-state index is -0.743. The summed E-state index contributed by atoms with van der Waals surface area (Å²) in [6.45, 7) is 0. The molecule has 0 radical (unpaired) electrons. The van der Waals surface area contributed by atoms with E-state index in [4.69, 9.17) is 10.5 Å². The van der Waals surface area contributed by atoms with Gasteiger partial charge in [-0.2, -0.15) is 0 Å². The van der Waals surface area contributed by atoms with Crippen LogP contribution in [0.2, 0.25) is 0 Å². The number of benzene rings is 1. The zero-order valence-corrected chi connectivity index (χ0v) is 9.03. The Labute approximate surface area is 93.5 Å². The fourth-order valence-corrected chi connectivity index (χ4v) is 1.16. The van der Waals surface area contributed by atoms with E-state index in [1.54, 1.807) is 31.4 Å². The van der Waals surface area contributed by atoms with E-state index in [9.17, 15) is 9.59 Å². The molecule has 1 amide bonds. The Morgan fingerprint density at radius 3 is 2.69 bits per heavy atom. The highest BCUT2D eigenvalue weighted by molar-refractivity contribution is 5.99. The van der Waals surface area contributed by atoms with Crippen molar-refractivity contribution in [1.29, 1.82) is 0 Å². The molecule has 0 aliphatic heterocycles. The number of ether oxygens (including phenoxy) is 1. The van der Waals surface area contributed by atoms with Crippen LogP contribution in [0.1, 0.15) is 5.56 Å². The SMILES string of the molecule is COc1cccc(CC(=C=O)C(N)=O)c1.N. The van der Waals surface area contributed by atoms with Gasteiger partial charge in [-0.1, -0.05) is 12.1 Å². The molecule has 0 bridgehead atoms. The van der Waals surface area contributed by atoms with Crippen molar-refractivity contribution in [2.45, 2.75) is 6.42 Å². The third-order valence-electron chi connectivity index (χ3n) is 1.94. The lowest BCUT2D eigenvalue weighted by Crippen LogP contribution is -2.16. The van der Waals surface area contributed by atoms with Gasteiger partial charge in [-0.3, -0.25) is 4.79 Å². The van der Waals surface area contributed by atoms with Gasteiger partial charge in [0, 0.05) is 6.42 Å². The van der Waals surface area contributed by atoms with Crippen molar-refractivity contribution < 1.29 is 14.3 Å². The monoisotopic (exact) mass is 222 g/mol. The predicted octanol–water partition coefficient (Wildman–Crippen LogP) is 0.643. The largest absolute Gasteiger partial charge is 0.497 e. The zero-order chi connectivity index (χ0) is 11.3. The van der Waals surface area contributed by atoms with Crippen molar-refractivity contribution in [3.8, 4) is 5.75 Å². The number of nitrogens with two attached hydrogens (primary N) is 1. The first-order valence-electron chi connectivity index (χ1n) is 4.34. The number of carbonyl (C=O) groups excluding carboxylic acids is 2. The highest BCUT2D eigenvalue weighted by Gasteiger charge is 2.07. The van der Waals surface area contributed by atoms with Crippen LogP contribution in [0.3, 0.4) is 0 Å². The molecule has 0 aliphatic carbocycles. The molecule has 86 valence electrons. The van der Waals surface area contributed by atoms with Crippen molar-refractivity contribution in [2.75, 3.05) is 7.11 Å². The third-order valence-corrected chi connectivity index (χ3v) is 1.94. The third kappa shape index (κ3) is 3.57. The minimum absolute atomic E-state index is 0. The number of carbonyl (C=O) groups is 1. The van der Waals surface area contributed by atoms with Crippen LogP contribution in [0.5, 0.6) is 5.75 Å². The second-order valence-electron chi connectivity index (χ2n) is 2.97. The standard InChI is InChI=1S/C11H11NO3.H3N/c1-15-10-4-2-3-8(6-10)5-9(7-13)11(12)14;/h2-4,6H,5H2,1H3,(H2,12,14);1H3. The Hall–Kier alpha value is -2.10. The smallest absolute Gasteiger partial charge is 0.256 e. The molecule has 5 heteroatoms. The van der Waals surface area contributed by atoms with Gasteiger partial charge < -0.3 is 16.6 Å². The van der Waals surface area contributed by atoms with Crippen molar-refractivity contribution >= 4 is 11.8 Å². The molecule has 0 saturated carbocycles. The number of hydrogen-bond acceptors (Lipinski definition) is 4. The van der Waals surface area contributed by atoms with Crippen LogP contribution < -0.4 is 16.6 Å². The highest BCUT2D eigenvalue weighted by Crippen LogP contribution is 2.14. The summed E-state index contributed by atoms with van der Waals surface area (Å²) in [5.74, 6) is 1.46. The first kappa shape index (κ1) is 13.9. The molecule has 0 saturated heterocycles. The maximum atomic E-state index is 10.8. The topological polar surface area (TPSA) is 104 Å². The van der Waals surface area contributed by atoms with Crippen molar-refractivity contribution in [3.05, 3.63) is 35.4 Å². The first-order valence-corrected chi connectivity index (χ1v) is 4.34. The number of methoxy groups -OCH3 is 1. The van der Waals surface area contributed by atoms with Crippen molar-refractivity contribution in [3.63, 3.8) is 0 Å². The fraction of sp³-hybridized carbons (Fsp3) is 0.182. The van der Waals surface area contributed by atoms with Gasteiger partial charge in [0.2, 0.25) is 0 Å². The van der Waals surface area contributed by atoms with Crippen LogP contribution in [0.25, 0.3) is 0 Å². The summed E-state index contributed by atoms with van der Waals surface area (Å²) in [7, 11) is 1.55. The summed E-state index contributed by atoms with van der Waals surface area (Å²) in [5.41, 5.74) is 5.71. The molecule has 0 heterocycles. The van der Waals surface area contributed by atoms with Gasteiger partial charge in [0.25, 0.3) is 5.91 Å². The molecule has 0 unspecified atom stereocenters. The van der Waals surface area contributed by atoms with Crippen molar-refractivity contribution in [2.24, 2.45) is 5.73 Å². The Balaban J connectivity index is 0.00000225. The number of primary amides is 1. The van der Waals surface area contributed by atoms with Gasteiger partial charge in [-0.15, -0.1) is 0 Å². The maximum absolute atomic E-state index is 10.8. The lowest BCUT2D eigenvalue weighted by molar-refractivity contribution is -0.114. The number of rotatable bonds is 4. The first-order chi connectivity index (χ1) is 7.17. The van der Waals surface area contributed by atoms with Gasteiger partial charge in [-0.25, -0.2) is 4.79 Å². The lowest BCUT2D eigenvalue weighted by Gasteiger charge is -2.03. The number of hydrogen-bond donors (Lipinski definition) is 2. The van der Waals surface area contributed by atoms with E-state index < -0.39 is 5.91 Å². The average molecular weight is 222 g/mol. The van der Waals surface area contributed by atoms with Crippen LogP contribution in [-0.2, 0) is 16.0 Å². The molecule has 0 fully saturated rings. The molecular formula is C11H14N2O3. The Morgan fingerprint density at radius 1 is 1.50 bits per heavy atom. The van der Waals surface area contributed by atoms with Crippen LogP contribution in [-0.4, -0.2) is 19.0 Å². The summed E-state index contributed by atoms with van der Waals surface area (Å²) in [4.78, 5) is 21.2. The Kier molecular flexibility index (Phi) is 5.56. The second-order valence-corrected chi connectivity index (χ2v) is 2.97. The van der Waals surface area contributed by atoms with Crippen LogP contribution in [0.15, 0.2) is 29.8 Å². The maximum Gasteiger partial charge on any atom is 0.256 e. The minimum Gasteiger partial charge on any atom is -0.497 e. The van der Waals surface area contributed by atoms with E-state index in [0.717, 1.165) is 5.56 Å². The van der Waals surface area contributed by atoms with E-state index in [-0.39, 0.29) is 18.1 Å². The van der Waals surface area contributed by atoms with Crippen LogP contribution in [0, 0.1) is 0 Å². The summed E-state index contributed by atoms with van der Waals surface area (Å²) < 4.78 is 5.01. The van der Waals surface area contributed by atoms with E-state index in [2.05, 4.69) is 0 Å². The molecule has 1 aromatic rings. The Bertz CT molecular complexity index is 423. The van der Waals surface area contributed by atoms with Gasteiger partial charge in [0.05, 0.1) is 7.11 Å². The molecule has 0 aliphatic rings. The molecule has 1 aromatic carbocycles. The highest BCUT2D eigenvalue weighted by atomic mass is 16.5. The van der Waals surface area contributed by atoms with E-state index in [0.29, 0.717) is 5.75 Å². The molecule has 1 rings (SSSR count). The lowest BCUT2D eigenvalue weighted by atomic mass is 10.1. The summed E-state index contributed by atoms with van der Waals surface area (Å²) in [5, 5.41) is 0. The normalized spacial score (nSPS) is 8.56. The predicted molar refractivity (Wildman–Crippen MR) is 60.1 cm³/mol. The molecule has 16 heavy (non-hydrogen) atoms. The van der Waals surface area contributed by atoms with Gasteiger partial charge >= 0.3 is 0 Å². The molecular weight excluding hydrogens is 208 g/mol. The molecule has 0 spiro atoms. The second kappa shape index (κ2) is 6.40. The molecule has 5 nitrogen and oxygen atoms in total. The quantitative estimate of drug-likeness (QED) is 0.576. The van der Waals surface area contributed by atoms with E-state index >= 15 is 0 Å². The summed E-state index contributed by atoms with van der Waals surface area (Å²) >= 11 is 0. The van der Waals surface area contributed by atoms with Gasteiger partial charge in [-0.05, 0) is 17.7 Å². The van der Waals surface area contributed by atoms with Crippen molar-refractivity contribution in [1.82, 2.24) is 6.15 Å². The average Bonchev–Trinajstić information content (AvgIpc) is 2.25.